The van der Waals surface area contributed by atoms with E-state index in [0.717, 1.165) is 17.2 Å². The maximum absolute atomic E-state index is 5.16. The Labute approximate surface area is 334 Å². The molecular weight excluding hydrogens is 695 g/mol. The average Bonchev–Trinajstić information content (AvgIpc) is 3.54. The van der Waals surface area contributed by atoms with E-state index in [4.69, 9.17) is 9.97 Å². The van der Waals surface area contributed by atoms with Gasteiger partial charge < -0.3 is 4.90 Å². The summed E-state index contributed by atoms with van der Waals surface area (Å²) in [6, 6.07) is 43.5. The number of fused-ring (bicyclic) bond motifs is 11. The van der Waals surface area contributed by atoms with Gasteiger partial charge in [-0.3, -0.25) is 9.47 Å². The number of anilines is 6. The smallest absolute Gasteiger partial charge is 0.145 e. The van der Waals surface area contributed by atoms with Gasteiger partial charge in [-0.25, -0.2) is 9.97 Å². The Balaban J connectivity index is 1.16. The minimum Gasteiger partial charge on any atom is -0.310 e. The Morgan fingerprint density at radius 1 is 0.404 bits per heavy atom. The Bertz CT molecular complexity index is 3100. The number of pyridine rings is 2. The fraction of sp³-hybridized carbons (Fsp3) is 0.231. The lowest BCUT2D eigenvalue weighted by Gasteiger charge is -2.50. The number of rotatable bonds is 1. The van der Waals surface area contributed by atoms with Crippen molar-refractivity contribution in [3.8, 4) is 5.69 Å². The Hall–Kier alpha value is -6.20. The van der Waals surface area contributed by atoms with E-state index in [2.05, 4.69) is 185 Å². The fourth-order valence-corrected chi connectivity index (χ4v) is 11.3. The molecule has 7 heterocycles. The lowest BCUT2D eigenvalue weighted by molar-refractivity contribution is 0.587. The number of para-hydroxylation sites is 3. The minimum absolute atomic E-state index is 0.196. The summed E-state index contributed by atoms with van der Waals surface area (Å²) < 4.78 is 2.43. The molecule has 8 aromatic rings. The van der Waals surface area contributed by atoms with Crippen LogP contribution in [0.1, 0.15) is 99.9 Å². The Kier molecular flexibility index (Phi) is 6.02. The summed E-state index contributed by atoms with van der Waals surface area (Å²) in [7, 11) is 0. The van der Waals surface area contributed by atoms with Crippen LogP contribution >= 0.6 is 0 Å². The Morgan fingerprint density at radius 2 is 0.982 bits per heavy atom. The molecule has 0 saturated heterocycles. The van der Waals surface area contributed by atoms with Crippen LogP contribution in [0.5, 0.6) is 0 Å². The van der Waals surface area contributed by atoms with Gasteiger partial charge in [0.05, 0.1) is 34.0 Å². The van der Waals surface area contributed by atoms with Crippen molar-refractivity contribution in [3.63, 3.8) is 0 Å². The fourth-order valence-electron chi connectivity index (χ4n) is 11.3. The summed E-state index contributed by atoms with van der Waals surface area (Å²) >= 11 is 0. The highest BCUT2D eigenvalue weighted by Crippen LogP contribution is 2.62. The molecule has 0 atom stereocenters. The zero-order valence-electron chi connectivity index (χ0n) is 33.9. The first-order valence-electron chi connectivity index (χ1n) is 20.3. The van der Waals surface area contributed by atoms with Gasteiger partial charge in [-0.2, -0.15) is 0 Å². The van der Waals surface area contributed by atoms with E-state index in [-0.39, 0.29) is 21.7 Å². The van der Waals surface area contributed by atoms with Gasteiger partial charge in [0, 0.05) is 56.1 Å². The summed E-state index contributed by atoms with van der Waals surface area (Å²) in [6.45, 7) is 19.1. The van der Waals surface area contributed by atoms with E-state index in [1.54, 1.807) is 0 Å². The second-order valence-corrected chi connectivity index (χ2v) is 18.8. The molecule has 0 saturated carbocycles. The Morgan fingerprint density at radius 3 is 1.79 bits per heavy atom. The van der Waals surface area contributed by atoms with Gasteiger partial charge in [-0.15, -0.1) is 0 Å². The van der Waals surface area contributed by atoms with Crippen molar-refractivity contribution in [3.05, 3.63) is 172 Å². The molecular formula is C52H45N5. The summed E-state index contributed by atoms with van der Waals surface area (Å²) in [5, 5.41) is 2.44. The molecule has 0 fully saturated rings. The number of hydrogen-bond donors (Lipinski definition) is 0. The molecule has 5 nitrogen and oxygen atoms in total. The van der Waals surface area contributed by atoms with Gasteiger partial charge in [-0.1, -0.05) is 122 Å². The first-order chi connectivity index (χ1) is 27.3. The maximum Gasteiger partial charge on any atom is 0.145 e. The van der Waals surface area contributed by atoms with Crippen molar-refractivity contribution in [2.24, 2.45) is 0 Å². The van der Waals surface area contributed by atoms with Crippen LogP contribution in [-0.4, -0.2) is 14.5 Å². The third kappa shape index (κ3) is 3.86. The predicted molar refractivity (Wildman–Crippen MR) is 234 cm³/mol. The highest BCUT2D eigenvalue weighted by Gasteiger charge is 2.48. The summed E-state index contributed by atoms with van der Waals surface area (Å²) in [6.07, 6.45) is 3.88. The zero-order valence-corrected chi connectivity index (χ0v) is 33.9. The summed E-state index contributed by atoms with van der Waals surface area (Å²) in [5.74, 6) is 1.02. The van der Waals surface area contributed by atoms with Crippen LogP contribution in [0.15, 0.2) is 128 Å². The molecule has 0 N–H and O–H groups in total. The number of aromatic nitrogens is 3. The molecule has 5 aromatic carbocycles. The first-order valence-corrected chi connectivity index (χ1v) is 20.3. The van der Waals surface area contributed by atoms with Gasteiger partial charge in [0.15, 0.2) is 0 Å². The van der Waals surface area contributed by atoms with Gasteiger partial charge in [0.2, 0.25) is 0 Å². The largest absolute Gasteiger partial charge is 0.310 e. The zero-order chi connectivity index (χ0) is 39.0. The van der Waals surface area contributed by atoms with Crippen molar-refractivity contribution < 1.29 is 0 Å². The topological polar surface area (TPSA) is 37.2 Å². The molecule has 0 spiro atoms. The van der Waals surface area contributed by atoms with E-state index in [1.165, 1.54) is 89.2 Å². The molecule has 3 aromatic heterocycles. The highest BCUT2D eigenvalue weighted by atomic mass is 15.2. The average molecular weight is 740 g/mol. The van der Waals surface area contributed by atoms with E-state index in [1.807, 2.05) is 12.4 Å². The molecule has 0 bridgehead atoms. The van der Waals surface area contributed by atoms with Crippen molar-refractivity contribution in [1.82, 2.24) is 14.5 Å². The summed E-state index contributed by atoms with van der Waals surface area (Å²) in [5.41, 5.74) is 19.1. The van der Waals surface area contributed by atoms with Crippen molar-refractivity contribution in [1.29, 1.82) is 0 Å². The number of benzene rings is 5. The van der Waals surface area contributed by atoms with E-state index < -0.39 is 0 Å². The second-order valence-electron chi connectivity index (χ2n) is 18.8. The maximum atomic E-state index is 5.16. The van der Waals surface area contributed by atoms with E-state index >= 15 is 0 Å². The molecule has 0 aliphatic carbocycles. The number of hydrogen-bond acceptors (Lipinski definition) is 4. The van der Waals surface area contributed by atoms with Crippen LogP contribution in [0.2, 0.25) is 0 Å². The van der Waals surface area contributed by atoms with Crippen molar-refractivity contribution in [2.75, 3.05) is 9.80 Å². The van der Waals surface area contributed by atoms with E-state index in [9.17, 15) is 0 Å². The molecule has 0 unspecified atom stereocenters. The predicted octanol–water partition coefficient (Wildman–Crippen LogP) is 13.1. The van der Waals surface area contributed by atoms with Gasteiger partial charge in [0.25, 0.3) is 0 Å². The van der Waals surface area contributed by atoms with Gasteiger partial charge >= 0.3 is 0 Å². The van der Waals surface area contributed by atoms with Crippen LogP contribution in [0.4, 0.5) is 34.3 Å². The van der Waals surface area contributed by atoms with Crippen molar-refractivity contribution >= 4 is 56.2 Å². The van der Waals surface area contributed by atoms with Crippen LogP contribution in [0.25, 0.3) is 27.6 Å². The molecule has 12 rings (SSSR count). The monoisotopic (exact) mass is 739 g/mol. The second kappa shape index (κ2) is 10.4. The third-order valence-corrected chi connectivity index (χ3v) is 14.4. The molecule has 278 valence electrons. The molecule has 57 heavy (non-hydrogen) atoms. The first kappa shape index (κ1) is 33.0. The molecule has 4 aliphatic heterocycles. The van der Waals surface area contributed by atoms with Crippen molar-refractivity contribution in [2.45, 2.75) is 77.0 Å². The molecule has 0 amide bonds. The quantitative estimate of drug-likeness (QED) is 0.168. The highest BCUT2D eigenvalue weighted by molar-refractivity contribution is 6.10. The van der Waals surface area contributed by atoms with E-state index in [0.29, 0.717) is 0 Å². The lowest BCUT2D eigenvalue weighted by atomic mass is 9.65. The third-order valence-electron chi connectivity index (χ3n) is 14.4. The van der Waals surface area contributed by atoms with Crippen LogP contribution < -0.4 is 9.80 Å². The van der Waals surface area contributed by atoms with Crippen LogP contribution in [-0.2, 0) is 21.7 Å². The lowest BCUT2D eigenvalue weighted by Crippen LogP contribution is -2.39. The standard InChI is InChI=1S/C52H45N5/c1-49(2)34-24-23-30(27-42(34)56-45-31(15-11-18-35(45)49)32-16-13-25-53-47(32)56)55-41-22-10-9-17-33(41)50(3,4)39-28-40-44(29-43(39)55)57-46-36(19-12-20-37(46)52(40,7)8)51(5,6)38-21-14-26-54-48(38)57/h9-29H,1-8H3. The molecule has 5 heteroatoms. The molecule has 4 aliphatic rings. The minimum atomic E-state index is -0.252. The van der Waals surface area contributed by atoms with Gasteiger partial charge in [-0.05, 0) is 87.5 Å². The van der Waals surface area contributed by atoms with Crippen LogP contribution in [0.3, 0.4) is 0 Å². The molecule has 0 radical (unpaired) electrons. The van der Waals surface area contributed by atoms with Gasteiger partial charge in [0.1, 0.15) is 11.5 Å². The SMILES string of the molecule is CC1(C)c2ccccc2N(c2ccc3c(c2)-n2c4ncccc4c4cccc(c42)C3(C)C)c2cc3c(cc21)C(C)(C)c1cccc2c1N3c1ncccc1C2(C)C. The normalized spacial score (nSPS) is 18.0. The summed E-state index contributed by atoms with van der Waals surface area (Å²) in [4.78, 5) is 15.2. The number of nitrogens with zero attached hydrogens (tertiary/aromatic N) is 5. The van der Waals surface area contributed by atoms with Crippen LogP contribution in [0, 0.1) is 0 Å².